The van der Waals surface area contributed by atoms with Crippen LogP contribution in [-0.2, 0) is 0 Å². The van der Waals surface area contributed by atoms with Gasteiger partial charge in [0.1, 0.15) is 0 Å². The summed E-state index contributed by atoms with van der Waals surface area (Å²) in [5, 5.41) is 0. The molecule has 1 radical (unpaired) electrons. The molecule has 0 amide bonds. The highest BCUT2D eigenvalue weighted by Crippen LogP contribution is 2.16. The third kappa shape index (κ3) is 2.83. The van der Waals surface area contributed by atoms with Crippen molar-refractivity contribution in [2.75, 3.05) is 0 Å². The van der Waals surface area contributed by atoms with Gasteiger partial charge in [0.2, 0.25) is 0 Å². The summed E-state index contributed by atoms with van der Waals surface area (Å²) in [7, 11) is 0. The first-order valence-corrected chi connectivity index (χ1v) is 5.47. The summed E-state index contributed by atoms with van der Waals surface area (Å²) in [5.41, 5.74) is 2.46. The SMILES string of the molecule is [CH2]C(/C=C/c1ccccc1)c1ccccc1. The van der Waals surface area contributed by atoms with Crippen molar-refractivity contribution in [2.45, 2.75) is 5.92 Å². The maximum Gasteiger partial charge on any atom is 0.00216 e. The van der Waals surface area contributed by atoms with Crippen molar-refractivity contribution >= 4 is 6.08 Å². The molecule has 16 heavy (non-hydrogen) atoms. The second kappa shape index (κ2) is 5.32. The molecule has 0 heteroatoms. The van der Waals surface area contributed by atoms with Crippen molar-refractivity contribution in [3.8, 4) is 0 Å². The van der Waals surface area contributed by atoms with Crippen molar-refractivity contribution < 1.29 is 0 Å². The van der Waals surface area contributed by atoms with Crippen molar-refractivity contribution in [1.82, 2.24) is 0 Å². The van der Waals surface area contributed by atoms with Gasteiger partial charge in [-0.25, -0.2) is 0 Å². The van der Waals surface area contributed by atoms with E-state index >= 15 is 0 Å². The van der Waals surface area contributed by atoms with Gasteiger partial charge in [-0.1, -0.05) is 72.8 Å². The minimum Gasteiger partial charge on any atom is -0.0764 e. The number of hydrogen-bond acceptors (Lipinski definition) is 0. The lowest BCUT2D eigenvalue weighted by Crippen LogP contribution is -1.87. The Morgan fingerprint density at radius 3 is 2.00 bits per heavy atom. The normalized spacial score (nSPS) is 12.8. The van der Waals surface area contributed by atoms with E-state index < -0.39 is 0 Å². The standard InChI is InChI=1S/C16H15/c1-14(16-10-6-3-7-11-16)12-13-15-8-4-2-5-9-15/h2-14H,1H2/b13-12+. The van der Waals surface area contributed by atoms with Gasteiger partial charge in [0.05, 0.1) is 0 Å². The number of allylic oxidation sites excluding steroid dienone is 1. The average molecular weight is 207 g/mol. The van der Waals surface area contributed by atoms with Crippen LogP contribution in [0.5, 0.6) is 0 Å². The van der Waals surface area contributed by atoms with Gasteiger partial charge in [-0.15, -0.1) is 0 Å². The highest BCUT2D eigenvalue weighted by molar-refractivity contribution is 5.50. The van der Waals surface area contributed by atoms with E-state index in [-0.39, 0.29) is 5.92 Å². The van der Waals surface area contributed by atoms with Crippen LogP contribution in [0.25, 0.3) is 6.08 Å². The molecule has 0 aliphatic heterocycles. The second-order valence-corrected chi connectivity index (χ2v) is 3.79. The van der Waals surface area contributed by atoms with Crippen LogP contribution in [0, 0.1) is 6.92 Å². The molecule has 2 aromatic carbocycles. The molecule has 0 aliphatic rings. The van der Waals surface area contributed by atoms with Crippen LogP contribution >= 0.6 is 0 Å². The first-order chi connectivity index (χ1) is 7.86. The van der Waals surface area contributed by atoms with E-state index in [0.717, 1.165) is 0 Å². The zero-order valence-electron chi connectivity index (χ0n) is 9.21. The van der Waals surface area contributed by atoms with Gasteiger partial charge in [-0.05, 0) is 18.1 Å². The topological polar surface area (TPSA) is 0 Å². The Kier molecular flexibility index (Phi) is 3.55. The van der Waals surface area contributed by atoms with Crippen molar-refractivity contribution in [2.24, 2.45) is 0 Å². The number of benzene rings is 2. The van der Waals surface area contributed by atoms with Gasteiger partial charge in [0, 0.05) is 5.92 Å². The molecule has 2 rings (SSSR count). The van der Waals surface area contributed by atoms with E-state index in [2.05, 4.69) is 43.3 Å². The summed E-state index contributed by atoms with van der Waals surface area (Å²) >= 11 is 0. The van der Waals surface area contributed by atoms with Gasteiger partial charge >= 0.3 is 0 Å². The Morgan fingerprint density at radius 1 is 0.812 bits per heavy atom. The largest absolute Gasteiger partial charge is 0.0764 e. The predicted octanol–water partition coefficient (Wildman–Crippen LogP) is 4.32. The molecule has 0 heterocycles. The van der Waals surface area contributed by atoms with E-state index in [4.69, 9.17) is 0 Å². The summed E-state index contributed by atoms with van der Waals surface area (Å²) in [4.78, 5) is 0. The van der Waals surface area contributed by atoms with E-state index in [1.165, 1.54) is 11.1 Å². The first-order valence-electron chi connectivity index (χ1n) is 5.47. The highest BCUT2D eigenvalue weighted by atomic mass is 14.0. The predicted molar refractivity (Wildman–Crippen MR) is 70.0 cm³/mol. The van der Waals surface area contributed by atoms with E-state index in [0.29, 0.717) is 0 Å². The Morgan fingerprint density at radius 2 is 1.38 bits per heavy atom. The first kappa shape index (κ1) is 10.7. The molecule has 79 valence electrons. The second-order valence-electron chi connectivity index (χ2n) is 3.79. The quantitative estimate of drug-likeness (QED) is 0.703. The summed E-state index contributed by atoms with van der Waals surface area (Å²) in [5.74, 6) is 0.210. The molecule has 0 fully saturated rings. The maximum absolute atomic E-state index is 4.14. The van der Waals surface area contributed by atoms with E-state index in [1.807, 2.05) is 36.4 Å². The summed E-state index contributed by atoms with van der Waals surface area (Å²) in [6.45, 7) is 4.14. The molecular weight excluding hydrogens is 192 g/mol. The fraction of sp³-hybridized carbons (Fsp3) is 0.0625. The molecule has 1 atom stereocenters. The monoisotopic (exact) mass is 207 g/mol. The third-order valence-corrected chi connectivity index (χ3v) is 2.55. The Balaban J connectivity index is 2.08. The van der Waals surface area contributed by atoms with Crippen LogP contribution in [-0.4, -0.2) is 0 Å². The maximum atomic E-state index is 4.14. The van der Waals surface area contributed by atoms with Crippen molar-refractivity contribution in [1.29, 1.82) is 0 Å². The summed E-state index contributed by atoms with van der Waals surface area (Å²) in [6, 6.07) is 20.6. The Hall–Kier alpha value is -1.82. The molecule has 0 bridgehead atoms. The molecule has 0 spiro atoms. The molecule has 0 aliphatic carbocycles. The zero-order chi connectivity index (χ0) is 11.2. The lowest BCUT2D eigenvalue weighted by atomic mass is 10.00. The van der Waals surface area contributed by atoms with Gasteiger partial charge < -0.3 is 0 Å². The molecule has 1 unspecified atom stereocenters. The van der Waals surface area contributed by atoms with Crippen LogP contribution in [0.3, 0.4) is 0 Å². The van der Waals surface area contributed by atoms with Crippen LogP contribution < -0.4 is 0 Å². The molecular formula is C16H15. The van der Waals surface area contributed by atoms with E-state index in [9.17, 15) is 0 Å². The minimum absolute atomic E-state index is 0.210. The van der Waals surface area contributed by atoms with Gasteiger partial charge in [0.25, 0.3) is 0 Å². The van der Waals surface area contributed by atoms with Crippen LogP contribution in [0.2, 0.25) is 0 Å². The molecule has 0 saturated carbocycles. The van der Waals surface area contributed by atoms with Gasteiger partial charge in [0.15, 0.2) is 0 Å². The van der Waals surface area contributed by atoms with Crippen LogP contribution in [0.4, 0.5) is 0 Å². The Bertz CT molecular complexity index is 440. The molecule has 0 saturated heterocycles. The third-order valence-electron chi connectivity index (χ3n) is 2.55. The lowest BCUT2D eigenvalue weighted by molar-refractivity contribution is 1.09. The summed E-state index contributed by atoms with van der Waals surface area (Å²) < 4.78 is 0. The minimum atomic E-state index is 0.210. The highest BCUT2D eigenvalue weighted by Gasteiger charge is 1.98. The summed E-state index contributed by atoms with van der Waals surface area (Å²) in [6.07, 6.45) is 4.25. The van der Waals surface area contributed by atoms with E-state index in [1.54, 1.807) is 0 Å². The number of hydrogen-bond donors (Lipinski definition) is 0. The smallest absolute Gasteiger partial charge is 0.00216 e. The zero-order valence-corrected chi connectivity index (χ0v) is 9.21. The molecule has 2 aromatic rings. The van der Waals surface area contributed by atoms with Crippen LogP contribution in [0.1, 0.15) is 17.0 Å². The molecule has 0 aromatic heterocycles. The lowest BCUT2D eigenvalue weighted by Gasteiger charge is -2.05. The van der Waals surface area contributed by atoms with Gasteiger partial charge in [-0.2, -0.15) is 0 Å². The van der Waals surface area contributed by atoms with Gasteiger partial charge in [-0.3, -0.25) is 0 Å². The Labute approximate surface area is 97.3 Å². The molecule has 0 N–H and O–H groups in total. The fourth-order valence-corrected chi connectivity index (χ4v) is 1.60. The fourth-order valence-electron chi connectivity index (χ4n) is 1.60. The number of rotatable bonds is 3. The van der Waals surface area contributed by atoms with Crippen molar-refractivity contribution in [3.63, 3.8) is 0 Å². The van der Waals surface area contributed by atoms with Crippen molar-refractivity contribution in [3.05, 3.63) is 84.8 Å². The molecule has 0 nitrogen and oxygen atoms in total. The average Bonchev–Trinajstić information content (AvgIpc) is 2.38. The van der Waals surface area contributed by atoms with Crippen LogP contribution in [0.15, 0.2) is 66.7 Å².